The van der Waals surface area contributed by atoms with Crippen molar-refractivity contribution >= 4 is 30.5 Å². The first-order chi connectivity index (χ1) is 7.93. The van der Waals surface area contributed by atoms with E-state index in [-0.39, 0.29) is 31.4 Å². The Balaban J connectivity index is 0. The van der Waals surface area contributed by atoms with Crippen LogP contribution in [0.3, 0.4) is 0 Å². The summed E-state index contributed by atoms with van der Waals surface area (Å²) in [7, 11) is 0. The highest BCUT2D eigenvalue weighted by Gasteiger charge is 2.31. The molecule has 0 bridgehead atoms. The monoisotopic (exact) mass is 318 g/mol. The highest BCUT2D eigenvalue weighted by molar-refractivity contribution is 5.85. The number of anilines is 1. The van der Waals surface area contributed by atoms with Crippen LogP contribution in [0.2, 0.25) is 0 Å². The fourth-order valence-electron chi connectivity index (χ4n) is 1.80. The topological polar surface area (TPSA) is 29.3 Å². The summed E-state index contributed by atoms with van der Waals surface area (Å²) in [6.07, 6.45) is -4.31. The van der Waals surface area contributed by atoms with Gasteiger partial charge in [0.05, 0.1) is 5.56 Å². The summed E-state index contributed by atoms with van der Waals surface area (Å²) in [5, 5.41) is 0. The number of rotatable bonds is 4. The van der Waals surface area contributed by atoms with Gasteiger partial charge in [0.15, 0.2) is 0 Å². The van der Waals surface area contributed by atoms with Gasteiger partial charge in [-0.1, -0.05) is 0 Å². The third-order valence-electron chi connectivity index (χ3n) is 2.73. The van der Waals surface area contributed by atoms with E-state index in [1.54, 1.807) is 0 Å². The van der Waals surface area contributed by atoms with Crippen LogP contribution in [0.25, 0.3) is 0 Å². The van der Waals surface area contributed by atoms with Gasteiger partial charge in [0.25, 0.3) is 0 Å². The van der Waals surface area contributed by atoms with Gasteiger partial charge in [-0.05, 0) is 37.6 Å². The van der Waals surface area contributed by atoms with Gasteiger partial charge in [-0.15, -0.1) is 24.8 Å². The van der Waals surface area contributed by atoms with Gasteiger partial charge in [-0.25, -0.2) is 0 Å². The van der Waals surface area contributed by atoms with Gasteiger partial charge < -0.3 is 10.6 Å². The zero-order valence-electron chi connectivity index (χ0n) is 10.8. The molecule has 0 aliphatic heterocycles. The van der Waals surface area contributed by atoms with Crippen molar-refractivity contribution in [2.45, 2.75) is 26.6 Å². The number of alkyl halides is 3. The molecule has 0 saturated carbocycles. The summed E-state index contributed by atoms with van der Waals surface area (Å²) in [6, 6.07) is 3.73. The first-order valence-electron chi connectivity index (χ1n) is 5.59. The highest BCUT2D eigenvalue weighted by atomic mass is 35.5. The van der Waals surface area contributed by atoms with E-state index >= 15 is 0 Å². The van der Waals surface area contributed by atoms with E-state index < -0.39 is 11.7 Å². The van der Waals surface area contributed by atoms with Gasteiger partial charge in [-0.2, -0.15) is 13.2 Å². The minimum absolute atomic E-state index is 0. The van der Waals surface area contributed by atoms with Crippen LogP contribution in [0.1, 0.15) is 25.0 Å². The van der Waals surface area contributed by atoms with Crippen molar-refractivity contribution in [2.24, 2.45) is 5.73 Å². The van der Waals surface area contributed by atoms with E-state index in [0.717, 1.165) is 30.9 Å². The molecule has 0 unspecified atom stereocenters. The molecular weight excluding hydrogens is 300 g/mol. The Morgan fingerprint density at radius 2 is 1.63 bits per heavy atom. The molecule has 2 nitrogen and oxygen atoms in total. The normalized spacial score (nSPS) is 10.4. The SMILES string of the molecule is CCN(CC)c1ccc(C(F)(F)F)cc1CN.Cl.Cl. The molecule has 0 saturated heterocycles. The number of nitrogens with two attached hydrogens (primary N) is 1. The third kappa shape index (κ3) is 5.09. The van der Waals surface area contributed by atoms with Crippen LogP contribution in [-0.4, -0.2) is 13.1 Å². The maximum absolute atomic E-state index is 12.5. The molecule has 0 spiro atoms. The predicted octanol–water partition coefficient (Wildman–Crippen LogP) is 3.85. The average molecular weight is 319 g/mol. The van der Waals surface area contributed by atoms with Crippen molar-refractivity contribution in [1.82, 2.24) is 0 Å². The third-order valence-corrected chi connectivity index (χ3v) is 2.73. The lowest BCUT2D eigenvalue weighted by molar-refractivity contribution is -0.137. The van der Waals surface area contributed by atoms with Crippen LogP contribution in [0, 0.1) is 0 Å². The summed E-state index contributed by atoms with van der Waals surface area (Å²) in [5.74, 6) is 0. The molecule has 0 aliphatic carbocycles. The number of nitrogens with zero attached hydrogens (tertiary/aromatic N) is 1. The van der Waals surface area contributed by atoms with Crippen LogP contribution >= 0.6 is 24.8 Å². The van der Waals surface area contributed by atoms with Crippen molar-refractivity contribution < 1.29 is 13.2 Å². The molecular formula is C12H19Cl2F3N2. The molecule has 19 heavy (non-hydrogen) atoms. The molecule has 0 amide bonds. The number of halogens is 5. The maximum Gasteiger partial charge on any atom is 0.416 e. The smallest absolute Gasteiger partial charge is 0.372 e. The van der Waals surface area contributed by atoms with E-state index in [1.165, 1.54) is 6.07 Å². The quantitative estimate of drug-likeness (QED) is 0.913. The maximum atomic E-state index is 12.5. The fraction of sp³-hybridized carbons (Fsp3) is 0.500. The Morgan fingerprint density at radius 1 is 1.11 bits per heavy atom. The second kappa shape index (κ2) is 8.51. The Hall–Kier alpha value is -0.650. The minimum atomic E-state index is -4.31. The summed E-state index contributed by atoms with van der Waals surface area (Å²) in [6.45, 7) is 5.52. The standard InChI is InChI=1S/C12H17F3N2.2ClH/c1-3-17(4-2)11-6-5-10(12(13,14)15)7-9(11)8-16;;/h5-7H,3-4,8,16H2,1-2H3;2*1H. The molecule has 2 N–H and O–H groups in total. The first-order valence-corrected chi connectivity index (χ1v) is 5.59. The zero-order valence-corrected chi connectivity index (χ0v) is 12.5. The molecule has 1 aromatic carbocycles. The van der Waals surface area contributed by atoms with Crippen molar-refractivity contribution in [2.75, 3.05) is 18.0 Å². The van der Waals surface area contributed by atoms with E-state index in [1.807, 2.05) is 18.7 Å². The predicted molar refractivity (Wildman–Crippen MR) is 77.4 cm³/mol. The Labute approximate surface area is 124 Å². The van der Waals surface area contributed by atoms with Crippen molar-refractivity contribution in [3.63, 3.8) is 0 Å². The zero-order chi connectivity index (χ0) is 13.1. The van der Waals surface area contributed by atoms with Crippen LogP contribution in [0.4, 0.5) is 18.9 Å². The molecule has 0 heterocycles. The summed E-state index contributed by atoms with van der Waals surface area (Å²) in [4.78, 5) is 1.99. The molecule has 1 rings (SSSR count). The van der Waals surface area contributed by atoms with E-state index in [4.69, 9.17) is 5.73 Å². The van der Waals surface area contributed by atoms with Crippen LogP contribution in [-0.2, 0) is 12.7 Å². The first kappa shape index (κ1) is 20.7. The summed E-state index contributed by atoms with van der Waals surface area (Å²) >= 11 is 0. The van der Waals surface area contributed by atoms with E-state index in [2.05, 4.69) is 0 Å². The highest BCUT2D eigenvalue weighted by Crippen LogP contribution is 2.32. The Kier molecular flexibility index (Phi) is 9.25. The van der Waals surface area contributed by atoms with Gasteiger partial charge in [0.1, 0.15) is 0 Å². The number of benzene rings is 1. The van der Waals surface area contributed by atoms with Gasteiger partial charge in [0, 0.05) is 25.3 Å². The van der Waals surface area contributed by atoms with Crippen LogP contribution < -0.4 is 10.6 Å². The second-order valence-electron chi connectivity index (χ2n) is 3.72. The average Bonchev–Trinajstić information content (AvgIpc) is 2.29. The van der Waals surface area contributed by atoms with Gasteiger partial charge >= 0.3 is 6.18 Å². The van der Waals surface area contributed by atoms with E-state index in [9.17, 15) is 13.2 Å². The molecule has 0 radical (unpaired) electrons. The van der Waals surface area contributed by atoms with E-state index in [0.29, 0.717) is 5.56 Å². The number of hydrogen-bond donors (Lipinski definition) is 1. The van der Waals surface area contributed by atoms with Crippen molar-refractivity contribution in [3.8, 4) is 0 Å². The minimum Gasteiger partial charge on any atom is -0.372 e. The summed E-state index contributed by atoms with van der Waals surface area (Å²) < 4.78 is 37.6. The molecule has 0 aliphatic rings. The van der Waals surface area contributed by atoms with Crippen molar-refractivity contribution in [1.29, 1.82) is 0 Å². The lowest BCUT2D eigenvalue weighted by Gasteiger charge is -2.24. The number of hydrogen-bond acceptors (Lipinski definition) is 2. The Morgan fingerprint density at radius 3 is 2.00 bits per heavy atom. The largest absolute Gasteiger partial charge is 0.416 e. The lowest BCUT2D eigenvalue weighted by atomic mass is 10.1. The van der Waals surface area contributed by atoms with Gasteiger partial charge in [-0.3, -0.25) is 0 Å². The Bertz CT molecular complexity index is 380. The van der Waals surface area contributed by atoms with Crippen LogP contribution in [0.5, 0.6) is 0 Å². The molecule has 0 fully saturated rings. The summed E-state index contributed by atoms with van der Waals surface area (Å²) in [5.41, 5.74) is 6.19. The molecule has 112 valence electrons. The van der Waals surface area contributed by atoms with Crippen LogP contribution in [0.15, 0.2) is 18.2 Å². The molecule has 0 aromatic heterocycles. The van der Waals surface area contributed by atoms with Crippen molar-refractivity contribution in [3.05, 3.63) is 29.3 Å². The molecule has 7 heteroatoms. The molecule has 0 atom stereocenters. The lowest BCUT2D eigenvalue weighted by Crippen LogP contribution is -2.24. The fourth-order valence-corrected chi connectivity index (χ4v) is 1.80. The van der Waals surface area contributed by atoms with Gasteiger partial charge in [0.2, 0.25) is 0 Å². The second-order valence-corrected chi connectivity index (χ2v) is 3.72. The molecule has 1 aromatic rings.